The van der Waals surface area contributed by atoms with Gasteiger partial charge in [0.25, 0.3) is 0 Å². The molecule has 2 aliphatic rings. The Kier molecular flexibility index (Phi) is 4.79. The molecule has 1 unspecified atom stereocenters. The molecule has 0 aromatic rings. The van der Waals surface area contributed by atoms with E-state index in [1.165, 1.54) is 58.7 Å². The maximum absolute atomic E-state index is 5.93. The Labute approximate surface area is 106 Å². The van der Waals surface area contributed by atoms with Crippen LogP contribution in [0, 0.1) is 0 Å². The maximum atomic E-state index is 5.93. The number of rotatable bonds is 3. The number of nitrogens with two attached hydrogens (primary N) is 1. The maximum Gasteiger partial charge on any atom is 0.0195 e. The summed E-state index contributed by atoms with van der Waals surface area (Å²) in [6.07, 6.45) is 2.36. The second-order valence-electron chi connectivity index (χ2n) is 5.83. The van der Waals surface area contributed by atoms with E-state index in [1.807, 2.05) is 0 Å². The monoisotopic (exact) mass is 240 g/mol. The molecule has 2 fully saturated rings. The molecule has 2 N–H and O–H groups in total. The minimum absolute atomic E-state index is 0.453. The van der Waals surface area contributed by atoms with Gasteiger partial charge in [0.05, 0.1) is 0 Å². The molecule has 100 valence electrons. The molecule has 4 nitrogen and oxygen atoms in total. The molecule has 1 atom stereocenters. The molecular weight excluding hydrogens is 212 g/mol. The predicted molar refractivity (Wildman–Crippen MR) is 72.2 cm³/mol. The lowest BCUT2D eigenvalue weighted by Crippen LogP contribution is -2.52. The van der Waals surface area contributed by atoms with E-state index < -0.39 is 0 Å². The molecule has 0 aromatic carbocycles. The van der Waals surface area contributed by atoms with Gasteiger partial charge in [0.2, 0.25) is 0 Å². The van der Waals surface area contributed by atoms with Crippen molar-refractivity contribution in [2.24, 2.45) is 5.73 Å². The largest absolute Gasteiger partial charge is 0.328 e. The van der Waals surface area contributed by atoms with Crippen LogP contribution in [0.4, 0.5) is 0 Å². The van der Waals surface area contributed by atoms with Gasteiger partial charge >= 0.3 is 0 Å². The lowest BCUT2D eigenvalue weighted by Gasteiger charge is -2.39. The Bertz CT molecular complexity index is 225. The van der Waals surface area contributed by atoms with Crippen LogP contribution in [0.2, 0.25) is 0 Å². The first-order valence-electron chi connectivity index (χ1n) is 7.05. The van der Waals surface area contributed by atoms with Crippen LogP contribution >= 0.6 is 0 Å². The van der Waals surface area contributed by atoms with E-state index in [0.29, 0.717) is 12.1 Å². The Balaban J connectivity index is 1.67. The molecule has 0 saturated carbocycles. The summed E-state index contributed by atoms with van der Waals surface area (Å²) in [5.74, 6) is 0. The summed E-state index contributed by atoms with van der Waals surface area (Å²) in [5, 5.41) is 0. The van der Waals surface area contributed by atoms with Crippen molar-refractivity contribution in [3.05, 3.63) is 0 Å². The van der Waals surface area contributed by atoms with Gasteiger partial charge in [0.15, 0.2) is 0 Å². The van der Waals surface area contributed by atoms with Crippen molar-refractivity contribution in [2.45, 2.75) is 31.8 Å². The van der Waals surface area contributed by atoms with Crippen LogP contribution in [0.1, 0.15) is 19.8 Å². The van der Waals surface area contributed by atoms with Gasteiger partial charge in [-0.05, 0) is 39.9 Å². The van der Waals surface area contributed by atoms with Gasteiger partial charge in [-0.15, -0.1) is 0 Å². The SMILES string of the molecule is CC1CN(C)CCN1CCN1CCC(N)CC1. The quantitative estimate of drug-likeness (QED) is 0.756. The van der Waals surface area contributed by atoms with Crippen molar-refractivity contribution >= 4 is 0 Å². The van der Waals surface area contributed by atoms with E-state index in [9.17, 15) is 0 Å². The molecule has 2 saturated heterocycles. The number of hydrogen-bond donors (Lipinski definition) is 1. The summed E-state index contributed by atoms with van der Waals surface area (Å²) in [6, 6.07) is 1.16. The van der Waals surface area contributed by atoms with Crippen LogP contribution < -0.4 is 5.73 Å². The number of likely N-dealkylation sites (N-methyl/N-ethyl adjacent to an activating group) is 1. The Morgan fingerprint density at radius 3 is 2.41 bits per heavy atom. The third-order valence-electron chi connectivity index (χ3n) is 4.30. The highest BCUT2D eigenvalue weighted by atomic mass is 15.3. The summed E-state index contributed by atoms with van der Waals surface area (Å²) in [6.45, 7) is 10.9. The highest BCUT2D eigenvalue weighted by Crippen LogP contribution is 2.10. The average Bonchev–Trinajstić information content (AvgIpc) is 2.30. The van der Waals surface area contributed by atoms with Crippen molar-refractivity contribution in [1.82, 2.24) is 14.7 Å². The van der Waals surface area contributed by atoms with E-state index in [-0.39, 0.29) is 0 Å². The van der Waals surface area contributed by atoms with E-state index in [4.69, 9.17) is 5.73 Å². The first-order valence-corrected chi connectivity index (χ1v) is 7.05. The number of likely N-dealkylation sites (tertiary alicyclic amines) is 1. The predicted octanol–water partition coefficient (Wildman–Crippen LogP) is 0.0454. The zero-order chi connectivity index (χ0) is 12.3. The first kappa shape index (κ1) is 13.3. The van der Waals surface area contributed by atoms with E-state index in [0.717, 1.165) is 0 Å². The molecule has 0 amide bonds. The standard InChI is InChI=1S/C13H28N4/c1-12-11-15(2)7-9-17(12)10-8-16-5-3-13(14)4-6-16/h12-13H,3-11,14H2,1-2H3. The van der Waals surface area contributed by atoms with E-state index >= 15 is 0 Å². The second kappa shape index (κ2) is 6.14. The van der Waals surface area contributed by atoms with Gasteiger partial charge in [-0.25, -0.2) is 0 Å². The fourth-order valence-electron chi connectivity index (χ4n) is 2.96. The molecule has 2 aliphatic heterocycles. The molecule has 0 spiro atoms. The van der Waals surface area contributed by atoms with E-state index in [1.54, 1.807) is 0 Å². The van der Waals surface area contributed by atoms with E-state index in [2.05, 4.69) is 28.7 Å². The summed E-state index contributed by atoms with van der Waals surface area (Å²) >= 11 is 0. The summed E-state index contributed by atoms with van der Waals surface area (Å²) in [5.41, 5.74) is 5.93. The number of hydrogen-bond acceptors (Lipinski definition) is 4. The fraction of sp³-hybridized carbons (Fsp3) is 1.00. The minimum atomic E-state index is 0.453. The summed E-state index contributed by atoms with van der Waals surface area (Å²) < 4.78 is 0. The number of piperazine rings is 1. The summed E-state index contributed by atoms with van der Waals surface area (Å²) in [7, 11) is 2.22. The van der Waals surface area contributed by atoms with Gasteiger partial charge in [0, 0.05) is 44.8 Å². The van der Waals surface area contributed by atoms with Gasteiger partial charge in [-0.2, -0.15) is 0 Å². The molecule has 2 heterocycles. The zero-order valence-corrected chi connectivity index (χ0v) is 11.4. The second-order valence-corrected chi connectivity index (χ2v) is 5.83. The Morgan fingerprint density at radius 1 is 1.06 bits per heavy atom. The fourth-order valence-corrected chi connectivity index (χ4v) is 2.96. The number of nitrogens with zero attached hydrogens (tertiary/aromatic N) is 3. The van der Waals surface area contributed by atoms with Crippen LogP contribution in [0.5, 0.6) is 0 Å². The van der Waals surface area contributed by atoms with Crippen molar-refractivity contribution in [2.75, 3.05) is 52.9 Å². The van der Waals surface area contributed by atoms with Crippen molar-refractivity contribution in [3.63, 3.8) is 0 Å². The molecule has 0 radical (unpaired) electrons. The smallest absolute Gasteiger partial charge is 0.0195 e. The number of piperidine rings is 1. The molecule has 2 rings (SSSR count). The van der Waals surface area contributed by atoms with Gasteiger partial charge < -0.3 is 15.5 Å². The molecule has 0 aromatic heterocycles. The molecule has 0 aliphatic carbocycles. The third kappa shape index (κ3) is 3.91. The highest BCUT2D eigenvalue weighted by Gasteiger charge is 2.22. The van der Waals surface area contributed by atoms with Gasteiger partial charge in [-0.1, -0.05) is 0 Å². The lowest BCUT2D eigenvalue weighted by atomic mass is 10.1. The van der Waals surface area contributed by atoms with Crippen LogP contribution in [0.3, 0.4) is 0 Å². The van der Waals surface area contributed by atoms with Gasteiger partial charge in [0.1, 0.15) is 0 Å². The molecule has 4 heteroatoms. The molecule has 0 bridgehead atoms. The van der Waals surface area contributed by atoms with Crippen LogP contribution in [-0.2, 0) is 0 Å². The zero-order valence-electron chi connectivity index (χ0n) is 11.4. The first-order chi connectivity index (χ1) is 8.15. The third-order valence-corrected chi connectivity index (χ3v) is 4.30. The lowest BCUT2D eigenvalue weighted by molar-refractivity contribution is 0.0835. The normalized spacial score (nSPS) is 30.9. The van der Waals surface area contributed by atoms with Crippen molar-refractivity contribution in [3.8, 4) is 0 Å². The van der Waals surface area contributed by atoms with Crippen LogP contribution in [0.15, 0.2) is 0 Å². The van der Waals surface area contributed by atoms with Crippen molar-refractivity contribution in [1.29, 1.82) is 0 Å². The van der Waals surface area contributed by atoms with Crippen LogP contribution in [-0.4, -0.2) is 79.6 Å². The topological polar surface area (TPSA) is 35.7 Å². The van der Waals surface area contributed by atoms with Crippen LogP contribution in [0.25, 0.3) is 0 Å². The average molecular weight is 240 g/mol. The summed E-state index contributed by atoms with van der Waals surface area (Å²) in [4.78, 5) is 7.64. The Morgan fingerprint density at radius 2 is 1.76 bits per heavy atom. The Hall–Kier alpha value is -0.160. The molecule has 17 heavy (non-hydrogen) atoms. The van der Waals surface area contributed by atoms with Crippen molar-refractivity contribution < 1.29 is 0 Å². The highest BCUT2D eigenvalue weighted by molar-refractivity contribution is 4.79. The van der Waals surface area contributed by atoms with Gasteiger partial charge in [-0.3, -0.25) is 4.90 Å². The molecular formula is C13H28N4. The minimum Gasteiger partial charge on any atom is -0.328 e.